The second kappa shape index (κ2) is 6.47. The Balaban J connectivity index is 1.82. The average Bonchev–Trinajstić information content (AvgIpc) is 3.31. The Hall–Kier alpha value is -3.62. The Labute approximate surface area is 161 Å². The van der Waals surface area contributed by atoms with Gasteiger partial charge in [0.2, 0.25) is 5.82 Å². The molecule has 2 aromatic heterocycles. The first kappa shape index (κ1) is 18.7. The van der Waals surface area contributed by atoms with Crippen LogP contribution < -0.4 is 0 Å². The number of carbonyl (C=O) groups is 1. The highest BCUT2D eigenvalue weighted by atomic mass is 19.4. The van der Waals surface area contributed by atoms with E-state index in [1.165, 1.54) is 0 Å². The molecule has 0 amide bonds. The summed E-state index contributed by atoms with van der Waals surface area (Å²) in [6.07, 6.45) is -4.80. The van der Waals surface area contributed by atoms with Crippen molar-refractivity contribution in [2.75, 3.05) is 0 Å². The molecule has 0 aliphatic rings. The quantitative estimate of drug-likeness (QED) is 0.488. The summed E-state index contributed by atoms with van der Waals surface area (Å²) in [5.41, 5.74) is 0.431. The standard InChI is InChI=1S/C20H13F3N2O4/c1-9-3-4-10(2)16-13(9)8-15(28-16)18-24-17(25-29-18)12-6-5-11(19(26)27)7-14(12)20(21,22)23/h3-8H,1-2H3,(H,26,27). The van der Waals surface area contributed by atoms with E-state index in [0.29, 0.717) is 11.6 Å². The summed E-state index contributed by atoms with van der Waals surface area (Å²) in [6, 6.07) is 8.11. The van der Waals surface area contributed by atoms with E-state index in [0.717, 1.165) is 28.6 Å². The van der Waals surface area contributed by atoms with Gasteiger partial charge in [-0.3, -0.25) is 0 Å². The van der Waals surface area contributed by atoms with Crippen molar-refractivity contribution >= 4 is 16.9 Å². The van der Waals surface area contributed by atoms with Gasteiger partial charge in [0.15, 0.2) is 5.76 Å². The van der Waals surface area contributed by atoms with Gasteiger partial charge in [0, 0.05) is 10.9 Å². The number of alkyl halides is 3. The number of carboxylic acids is 1. The van der Waals surface area contributed by atoms with E-state index < -0.39 is 23.3 Å². The van der Waals surface area contributed by atoms with Crippen molar-refractivity contribution in [1.82, 2.24) is 10.1 Å². The molecule has 29 heavy (non-hydrogen) atoms. The number of hydrogen-bond donors (Lipinski definition) is 1. The third kappa shape index (κ3) is 3.24. The number of aromatic nitrogens is 2. The van der Waals surface area contributed by atoms with Crippen LogP contribution in [0.1, 0.15) is 27.0 Å². The van der Waals surface area contributed by atoms with Gasteiger partial charge in [-0.1, -0.05) is 17.3 Å². The lowest BCUT2D eigenvalue weighted by Gasteiger charge is -2.11. The largest absolute Gasteiger partial charge is 0.478 e. The summed E-state index contributed by atoms with van der Waals surface area (Å²) in [7, 11) is 0. The van der Waals surface area contributed by atoms with Crippen molar-refractivity contribution in [3.63, 3.8) is 0 Å². The first-order chi connectivity index (χ1) is 13.6. The minimum atomic E-state index is -4.80. The second-order valence-corrected chi connectivity index (χ2v) is 6.54. The molecule has 4 rings (SSSR count). The van der Waals surface area contributed by atoms with Crippen LogP contribution in [0.4, 0.5) is 13.2 Å². The van der Waals surface area contributed by atoms with E-state index in [2.05, 4.69) is 10.1 Å². The number of furan rings is 1. The highest BCUT2D eigenvalue weighted by Crippen LogP contribution is 2.38. The number of hydrogen-bond acceptors (Lipinski definition) is 5. The van der Waals surface area contributed by atoms with Crippen molar-refractivity contribution in [2.24, 2.45) is 0 Å². The van der Waals surface area contributed by atoms with Gasteiger partial charge in [-0.15, -0.1) is 0 Å². The molecule has 0 saturated carbocycles. The van der Waals surface area contributed by atoms with Crippen molar-refractivity contribution < 1.29 is 32.0 Å². The zero-order valence-corrected chi connectivity index (χ0v) is 15.2. The molecule has 6 nitrogen and oxygen atoms in total. The van der Waals surface area contributed by atoms with Crippen LogP contribution in [0, 0.1) is 13.8 Å². The van der Waals surface area contributed by atoms with Crippen LogP contribution in [-0.4, -0.2) is 21.2 Å². The number of nitrogens with zero attached hydrogens (tertiary/aromatic N) is 2. The average molecular weight is 402 g/mol. The minimum Gasteiger partial charge on any atom is -0.478 e. The number of aryl methyl sites for hydroxylation is 2. The molecule has 2 heterocycles. The summed E-state index contributed by atoms with van der Waals surface area (Å²) in [5, 5.41) is 13.4. The maximum Gasteiger partial charge on any atom is 0.417 e. The van der Waals surface area contributed by atoms with Gasteiger partial charge in [0.25, 0.3) is 5.89 Å². The van der Waals surface area contributed by atoms with E-state index in [1.807, 2.05) is 26.0 Å². The second-order valence-electron chi connectivity index (χ2n) is 6.54. The first-order valence-corrected chi connectivity index (χ1v) is 8.44. The zero-order valence-electron chi connectivity index (χ0n) is 15.2. The fourth-order valence-corrected chi connectivity index (χ4v) is 3.04. The molecule has 9 heteroatoms. The maximum absolute atomic E-state index is 13.4. The molecule has 0 atom stereocenters. The molecular formula is C20H13F3N2O4. The molecule has 148 valence electrons. The number of benzene rings is 2. The number of aromatic carboxylic acids is 1. The Morgan fingerprint density at radius 2 is 1.79 bits per heavy atom. The van der Waals surface area contributed by atoms with Crippen LogP contribution in [-0.2, 0) is 6.18 Å². The molecule has 0 unspecified atom stereocenters. The van der Waals surface area contributed by atoms with Crippen LogP contribution in [0.15, 0.2) is 45.3 Å². The molecule has 2 aromatic carbocycles. The summed E-state index contributed by atoms with van der Waals surface area (Å²) in [6.45, 7) is 3.77. The number of halogens is 3. The van der Waals surface area contributed by atoms with E-state index in [-0.39, 0.29) is 23.0 Å². The summed E-state index contributed by atoms with van der Waals surface area (Å²) in [4.78, 5) is 15.1. The fourth-order valence-electron chi connectivity index (χ4n) is 3.04. The van der Waals surface area contributed by atoms with Gasteiger partial charge in [-0.25, -0.2) is 4.79 Å². The Kier molecular flexibility index (Phi) is 4.18. The maximum atomic E-state index is 13.4. The predicted molar refractivity (Wildman–Crippen MR) is 96.4 cm³/mol. The first-order valence-electron chi connectivity index (χ1n) is 8.44. The normalized spacial score (nSPS) is 11.9. The molecule has 0 bridgehead atoms. The number of carboxylic acid groups (broad SMARTS) is 1. The lowest BCUT2D eigenvalue weighted by atomic mass is 10.0. The third-order valence-electron chi connectivity index (χ3n) is 4.55. The summed E-state index contributed by atoms with van der Waals surface area (Å²) < 4.78 is 51.2. The lowest BCUT2D eigenvalue weighted by Crippen LogP contribution is -2.10. The molecule has 0 aliphatic heterocycles. The minimum absolute atomic E-state index is 0.0783. The van der Waals surface area contributed by atoms with E-state index in [1.54, 1.807) is 6.07 Å². The molecule has 0 fully saturated rings. The SMILES string of the molecule is Cc1ccc(C)c2oc(-c3nc(-c4ccc(C(=O)O)cc4C(F)(F)F)no3)cc12. The molecule has 0 radical (unpaired) electrons. The summed E-state index contributed by atoms with van der Waals surface area (Å²) in [5.74, 6) is -1.64. The fraction of sp³-hybridized carbons (Fsp3) is 0.150. The molecule has 1 N–H and O–H groups in total. The highest BCUT2D eigenvalue weighted by molar-refractivity contribution is 5.89. The topological polar surface area (TPSA) is 89.4 Å². The predicted octanol–water partition coefficient (Wildman–Crippen LogP) is 5.48. The van der Waals surface area contributed by atoms with Crippen molar-refractivity contribution in [2.45, 2.75) is 20.0 Å². The van der Waals surface area contributed by atoms with Crippen molar-refractivity contribution in [3.05, 3.63) is 58.7 Å². The lowest BCUT2D eigenvalue weighted by molar-refractivity contribution is -0.137. The van der Waals surface area contributed by atoms with Gasteiger partial charge in [0.1, 0.15) is 5.58 Å². The van der Waals surface area contributed by atoms with Gasteiger partial charge in [-0.2, -0.15) is 18.2 Å². The van der Waals surface area contributed by atoms with Crippen LogP contribution >= 0.6 is 0 Å². The van der Waals surface area contributed by atoms with Gasteiger partial charge in [0.05, 0.1) is 11.1 Å². The monoisotopic (exact) mass is 402 g/mol. The molecule has 0 spiro atoms. The van der Waals surface area contributed by atoms with Crippen molar-refractivity contribution in [3.8, 4) is 23.0 Å². The number of rotatable bonds is 3. The molecule has 4 aromatic rings. The van der Waals surface area contributed by atoms with E-state index >= 15 is 0 Å². The van der Waals surface area contributed by atoms with E-state index in [4.69, 9.17) is 14.0 Å². The Morgan fingerprint density at radius 1 is 1.07 bits per heavy atom. The van der Waals surface area contributed by atoms with Crippen LogP contribution in [0.3, 0.4) is 0 Å². The van der Waals surface area contributed by atoms with Gasteiger partial charge in [-0.05, 0) is 49.2 Å². The third-order valence-corrected chi connectivity index (χ3v) is 4.55. The molecule has 0 aliphatic carbocycles. The zero-order chi connectivity index (χ0) is 20.9. The smallest absolute Gasteiger partial charge is 0.417 e. The summed E-state index contributed by atoms with van der Waals surface area (Å²) >= 11 is 0. The Bertz CT molecular complexity index is 1220. The number of fused-ring (bicyclic) bond motifs is 1. The molecular weight excluding hydrogens is 389 g/mol. The van der Waals surface area contributed by atoms with Gasteiger partial charge >= 0.3 is 12.1 Å². The van der Waals surface area contributed by atoms with E-state index in [9.17, 15) is 18.0 Å². The van der Waals surface area contributed by atoms with Crippen LogP contribution in [0.5, 0.6) is 0 Å². The van der Waals surface area contributed by atoms with Crippen LogP contribution in [0.25, 0.3) is 34.0 Å². The molecule has 0 saturated heterocycles. The van der Waals surface area contributed by atoms with Crippen molar-refractivity contribution in [1.29, 1.82) is 0 Å². The highest BCUT2D eigenvalue weighted by Gasteiger charge is 2.36. The van der Waals surface area contributed by atoms with Crippen LogP contribution in [0.2, 0.25) is 0 Å². The Morgan fingerprint density at radius 3 is 2.45 bits per heavy atom. The van der Waals surface area contributed by atoms with Gasteiger partial charge < -0.3 is 14.0 Å².